The zero-order chi connectivity index (χ0) is 16.4. The van der Waals surface area contributed by atoms with Gasteiger partial charge >= 0.3 is 0 Å². The highest BCUT2D eigenvalue weighted by molar-refractivity contribution is 14.0. The van der Waals surface area contributed by atoms with Gasteiger partial charge in [-0.3, -0.25) is 4.99 Å². The molecule has 23 heavy (non-hydrogen) atoms. The van der Waals surface area contributed by atoms with Gasteiger partial charge in [0, 0.05) is 26.2 Å². The maximum atomic E-state index is 5.31. The van der Waals surface area contributed by atoms with Gasteiger partial charge in [-0.25, -0.2) is 0 Å². The first-order valence-electron chi connectivity index (χ1n) is 8.23. The van der Waals surface area contributed by atoms with Gasteiger partial charge < -0.3 is 20.1 Å². The molecule has 134 valence electrons. The Morgan fingerprint density at radius 2 is 2.04 bits per heavy atom. The second kappa shape index (κ2) is 12.6. The second-order valence-electron chi connectivity index (χ2n) is 5.66. The van der Waals surface area contributed by atoms with Crippen molar-refractivity contribution in [1.29, 1.82) is 0 Å². The number of hydrogen-bond acceptors (Lipinski definition) is 4. The zero-order valence-corrected chi connectivity index (χ0v) is 17.4. The molecule has 0 aliphatic heterocycles. The summed E-state index contributed by atoms with van der Waals surface area (Å²) < 4.78 is 5.31. The van der Waals surface area contributed by atoms with Crippen molar-refractivity contribution in [3.8, 4) is 0 Å². The van der Waals surface area contributed by atoms with Crippen LogP contribution in [0.2, 0.25) is 0 Å². The summed E-state index contributed by atoms with van der Waals surface area (Å²) in [5.74, 6) is 2.00. The van der Waals surface area contributed by atoms with Crippen LogP contribution < -0.4 is 10.6 Å². The molecular formula is C16H32IN5O. The van der Waals surface area contributed by atoms with Crippen LogP contribution >= 0.6 is 24.0 Å². The first kappa shape index (κ1) is 22.2. The lowest BCUT2D eigenvalue weighted by molar-refractivity contribution is 0.293. The maximum Gasteiger partial charge on any atom is 0.191 e. The van der Waals surface area contributed by atoms with E-state index in [1.54, 1.807) is 7.05 Å². The minimum Gasteiger partial charge on any atom is -0.359 e. The van der Waals surface area contributed by atoms with Crippen LogP contribution in [0.4, 0.5) is 0 Å². The van der Waals surface area contributed by atoms with Crippen molar-refractivity contribution in [2.24, 2.45) is 4.99 Å². The summed E-state index contributed by atoms with van der Waals surface area (Å²) >= 11 is 0. The average molecular weight is 437 g/mol. The van der Waals surface area contributed by atoms with Crippen molar-refractivity contribution < 1.29 is 4.52 Å². The molecule has 0 aliphatic rings. The first-order chi connectivity index (χ1) is 10.6. The van der Waals surface area contributed by atoms with Gasteiger partial charge in [-0.1, -0.05) is 32.9 Å². The molecule has 0 amide bonds. The fourth-order valence-corrected chi connectivity index (χ4v) is 2.15. The van der Waals surface area contributed by atoms with Gasteiger partial charge in [0.05, 0.1) is 12.2 Å². The Kier molecular flexibility index (Phi) is 12.1. The third-order valence-corrected chi connectivity index (χ3v) is 3.53. The normalized spacial score (nSPS) is 11.7. The molecule has 0 aliphatic carbocycles. The average Bonchev–Trinajstić information content (AvgIpc) is 2.98. The Hall–Kier alpha value is -0.830. The summed E-state index contributed by atoms with van der Waals surface area (Å²) in [5, 5.41) is 10.6. The second-order valence-corrected chi connectivity index (χ2v) is 5.66. The van der Waals surface area contributed by atoms with Crippen molar-refractivity contribution in [3.63, 3.8) is 0 Å². The lowest BCUT2D eigenvalue weighted by atomic mass is 10.1. The quantitative estimate of drug-likeness (QED) is 0.354. The largest absolute Gasteiger partial charge is 0.359 e. The van der Waals surface area contributed by atoms with Crippen LogP contribution in [-0.2, 0) is 6.54 Å². The van der Waals surface area contributed by atoms with Gasteiger partial charge in [0.1, 0.15) is 0 Å². The molecule has 7 heteroatoms. The summed E-state index contributed by atoms with van der Waals surface area (Å²) in [7, 11) is 1.78. The molecule has 0 saturated heterocycles. The molecule has 0 unspecified atom stereocenters. The summed E-state index contributed by atoms with van der Waals surface area (Å²) in [4.78, 5) is 6.65. The SMILES string of the molecule is CCCN(CC)CCNC(=NC)NCc1cc(C(C)C)no1.I. The van der Waals surface area contributed by atoms with E-state index < -0.39 is 0 Å². The van der Waals surface area contributed by atoms with E-state index in [4.69, 9.17) is 4.52 Å². The van der Waals surface area contributed by atoms with Crippen molar-refractivity contribution in [2.45, 2.75) is 46.6 Å². The van der Waals surface area contributed by atoms with Crippen LogP contribution in [0.1, 0.15) is 51.5 Å². The first-order valence-corrected chi connectivity index (χ1v) is 8.23. The molecule has 1 aromatic heterocycles. The third-order valence-electron chi connectivity index (χ3n) is 3.53. The van der Waals surface area contributed by atoms with Crippen molar-refractivity contribution in [3.05, 3.63) is 17.5 Å². The Morgan fingerprint density at radius 3 is 2.57 bits per heavy atom. The van der Waals surface area contributed by atoms with Crippen LogP contribution in [0.5, 0.6) is 0 Å². The fourth-order valence-electron chi connectivity index (χ4n) is 2.15. The van der Waals surface area contributed by atoms with E-state index in [1.807, 2.05) is 6.07 Å². The van der Waals surface area contributed by atoms with Crippen LogP contribution in [0, 0.1) is 0 Å². The number of likely N-dealkylation sites (N-methyl/N-ethyl adjacent to an activating group) is 1. The van der Waals surface area contributed by atoms with Crippen LogP contribution in [-0.4, -0.2) is 49.2 Å². The topological polar surface area (TPSA) is 65.7 Å². The van der Waals surface area contributed by atoms with Gasteiger partial charge in [-0.05, 0) is 25.4 Å². The molecule has 0 bridgehead atoms. The van der Waals surface area contributed by atoms with E-state index in [0.717, 1.165) is 43.6 Å². The molecular weight excluding hydrogens is 405 g/mol. The number of nitrogens with zero attached hydrogens (tertiary/aromatic N) is 3. The number of halogens is 1. The molecule has 0 atom stereocenters. The standard InChI is InChI=1S/C16H31N5O.HI/c1-6-9-21(7-2)10-8-18-16(17-5)19-12-14-11-15(13(3)4)20-22-14;/h11,13H,6-10,12H2,1-5H3,(H2,17,18,19);1H. The predicted octanol–water partition coefficient (Wildman–Crippen LogP) is 2.81. The third kappa shape index (κ3) is 8.55. The van der Waals surface area contributed by atoms with Crippen LogP contribution in [0.25, 0.3) is 0 Å². The Bertz CT molecular complexity index is 447. The lowest BCUT2D eigenvalue weighted by Gasteiger charge is -2.20. The maximum absolute atomic E-state index is 5.31. The van der Waals surface area contributed by atoms with E-state index in [9.17, 15) is 0 Å². The van der Waals surface area contributed by atoms with E-state index in [-0.39, 0.29) is 24.0 Å². The minimum atomic E-state index is 0. The Balaban J connectivity index is 0.00000484. The molecule has 0 aromatic carbocycles. The predicted molar refractivity (Wildman–Crippen MR) is 107 cm³/mol. The lowest BCUT2D eigenvalue weighted by Crippen LogP contribution is -2.41. The number of aromatic nitrogens is 1. The molecule has 0 spiro atoms. The summed E-state index contributed by atoms with van der Waals surface area (Å²) in [6.45, 7) is 13.3. The van der Waals surface area contributed by atoms with Crippen molar-refractivity contribution >= 4 is 29.9 Å². The molecule has 1 rings (SSSR count). The number of hydrogen-bond donors (Lipinski definition) is 2. The molecule has 6 nitrogen and oxygen atoms in total. The highest BCUT2D eigenvalue weighted by Gasteiger charge is 2.08. The van der Waals surface area contributed by atoms with E-state index in [2.05, 4.69) is 53.4 Å². The van der Waals surface area contributed by atoms with Crippen molar-refractivity contribution in [2.75, 3.05) is 33.2 Å². The van der Waals surface area contributed by atoms with Gasteiger partial charge in [0.25, 0.3) is 0 Å². The van der Waals surface area contributed by atoms with E-state index in [0.29, 0.717) is 12.5 Å². The van der Waals surface area contributed by atoms with Crippen LogP contribution in [0.15, 0.2) is 15.6 Å². The molecule has 1 aromatic rings. The highest BCUT2D eigenvalue weighted by Crippen LogP contribution is 2.13. The zero-order valence-electron chi connectivity index (χ0n) is 15.1. The Morgan fingerprint density at radius 1 is 1.30 bits per heavy atom. The van der Waals surface area contributed by atoms with Gasteiger partial charge in [0.15, 0.2) is 11.7 Å². The molecule has 0 saturated carbocycles. The monoisotopic (exact) mass is 437 g/mol. The van der Waals surface area contributed by atoms with Gasteiger partial charge in [-0.2, -0.15) is 0 Å². The molecule has 1 heterocycles. The number of guanidine groups is 1. The highest BCUT2D eigenvalue weighted by atomic mass is 127. The van der Waals surface area contributed by atoms with E-state index >= 15 is 0 Å². The number of aliphatic imine (C=N–C) groups is 1. The molecule has 0 radical (unpaired) electrons. The van der Waals surface area contributed by atoms with Crippen LogP contribution in [0.3, 0.4) is 0 Å². The fraction of sp³-hybridized carbons (Fsp3) is 0.750. The number of nitrogens with one attached hydrogen (secondary N) is 2. The smallest absolute Gasteiger partial charge is 0.191 e. The van der Waals surface area contributed by atoms with Gasteiger partial charge in [0.2, 0.25) is 0 Å². The summed E-state index contributed by atoms with van der Waals surface area (Å²) in [6, 6.07) is 1.99. The number of rotatable bonds is 9. The molecule has 2 N–H and O–H groups in total. The van der Waals surface area contributed by atoms with Crippen molar-refractivity contribution in [1.82, 2.24) is 20.7 Å². The summed E-state index contributed by atoms with van der Waals surface area (Å²) in [6.07, 6.45) is 1.19. The Labute approximate surface area is 157 Å². The minimum absolute atomic E-state index is 0. The van der Waals surface area contributed by atoms with E-state index in [1.165, 1.54) is 6.42 Å². The molecule has 0 fully saturated rings. The summed E-state index contributed by atoms with van der Waals surface area (Å²) in [5.41, 5.74) is 0.984. The van der Waals surface area contributed by atoms with Gasteiger partial charge in [-0.15, -0.1) is 24.0 Å².